The Morgan fingerprint density at radius 2 is 1.81 bits per heavy atom. The second-order valence-corrected chi connectivity index (χ2v) is 6.79. The van der Waals surface area contributed by atoms with Gasteiger partial charge in [0.05, 0.1) is 24.1 Å². The van der Waals surface area contributed by atoms with Crippen molar-refractivity contribution in [1.29, 1.82) is 0 Å². The van der Waals surface area contributed by atoms with Crippen molar-refractivity contribution in [2.24, 2.45) is 0 Å². The molecule has 27 heavy (non-hydrogen) atoms. The second-order valence-electron chi connectivity index (χ2n) is 6.79. The molecule has 6 nitrogen and oxygen atoms in total. The van der Waals surface area contributed by atoms with Crippen LogP contribution in [0.1, 0.15) is 35.3 Å². The molecule has 2 N–H and O–H groups in total. The summed E-state index contributed by atoms with van der Waals surface area (Å²) < 4.78 is 6.05. The molecule has 1 heterocycles. The Balaban J connectivity index is 1.47. The molecule has 1 fully saturated rings. The van der Waals surface area contributed by atoms with E-state index >= 15 is 0 Å². The first kappa shape index (κ1) is 17.4. The monoisotopic (exact) mass is 363 g/mol. The number of rotatable bonds is 5. The third kappa shape index (κ3) is 3.75. The average molecular weight is 363 g/mol. The van der Waals surface area contributed by atoms with Crippen LogP contribution in [-0.4, -0.2) is 28.3 Å². The van der Waals surface area contributed by atoms with Crippen LogP contribution in [0.15, 0.2) is 59.4 Å². The molecule has 4 rings (SSSR count). The predicted octanol–water partition coefficient (Wildman–Crippen LogP) is 2.79. The zero-order valence-electron chi connectivity index (χ0n) is 14.9. The zero-order chi connectivity index (χ0) is 18.6. The number of ether oxygens (including phenoxy) is 1. The van der Waals surface area contributed by atoms with E-state index in [9.17, 15) is 9.59 Å². The molecule has 0 aliphatic heterocycles. The third-order valence-electron chi connectivity index (χ3n) is 4.99. The van der Waals surface area contributed by atoms with Gasteiger partial charge in [0.15, 0.2) is 5.69 Å². The number of H-pyrrole nitrogens is 1. The highest BCUT2D eigenvalue weighted by Gasteiger charge is 2.30. The summed E-state index contributed by atoms with van der Waals surface area (Å²) in [6.45, 7) is 0.526. The molecule has 3 aromatic rings. The number of amides is 1. The highest BCUT2D eigenvalue weighted by Crippen LogP contribution is 2.24. The fourth-order valence-electron chi connectivity index (χ4n) is 3.59. The first-order chi connectivity index (χ1) is 13.2. The summed E-state index contributed by atoms with van der Waals surface area (Å²) >= 11 is 0. The molecular formula is C21H21N3O3. The maximum Gasteiger partial charge on any atom is 0.272 e. The highest BCUT2D eigenvalue weighted by atomic mass is 16.5. The smallest absolute Gasteiger partial charge is 0.272 e. The predicted molar refractivity (Wildman–Crippen MR) is 102 cm³/mol. The van der Waals surface area contributed by atoms with Gasteiger partial charge in [0.1, 0.15) is 0 Å². The van der Waals surface area contributed by atoms with E-state index in [2.05, 4.69) is 15.5 Å². The standard InChI is InChI=1S/C21H21N3O3/c25-20-16-10-5-4-9-15(16)19(23-24-20)21(26)22-17-11-6-12-18(17)27-13-14-7-2-1-3-8-14/h1-5,7-10,17-18H,6,11-13H2,(H,22,26)(H,24,25). The van der Waals surface area contributed by atoms with E-state index in [1.807, 2.05) is 30.3 Å². The lowest BCUT2D eigenvalue weighted by atomic mass is 10.1. The molecule has 2 aromatic carbocycles. The maximum atomic E-state index is 12.8. The van der Waals surface area contributed by atoms with E-state index in [0.717, 1.165) is 24.8 Å². The largest absolute Gasteiger partial charge is 0.371 e. The topological polar surface area (TPSA) is 84.1 Å². The van der Waals surface area contributed by atoms with E-state index in [1.165, 1.54) is 0 Å². The number of nitrogens with one attached hydrogen (secondary N) is 2. The number of aromatic amines is 1. The Morgan fingerprint density at radius 1 is 1.07 bits per heavy atom. The number of carbonyl (C=O) groups is 1. The van der Waals surface area contributed by atoms with E-state index in [-0.39, 0.29) is 29.3 Å². The van der Waals surface area contributed by atoms with Crippen LogP contribution >= 0.6 is 0 Å². The Bertz CT molecular complexity index is 1000. The van der Waals surface area contributed by atoms with Gasteiger partial charge in [-0.2, -0.15) is 5.10 Å². The first-order valence-electron chi connectivity index (χ1n) is 9.16. The summed E-state index contributed by atoms with van der Waals surface area (Å²) in [7, 11) is 0. The van der Waals surface area contributed by atoms with Gasteiger partial charge in [-0.15, -0.1) is 0 Å². The van der Waals surface area contributed by atoms with Crippen molar-refractivity contribution in [1.82, 2.24) is 15.5 Å². The van der Waals surface area contributed by atoms with Gasteiger partial charge in [0.25, 0.3) is 11.5 Å². The van der Waals surface area contributed by atoms with Gasteiger partial charge in [0.2, 0.25) is 0 Å². The van der Waals surface area contributed by atoms with Gasteiger partial charge in [-0.3, -0.25) is 9.59 Å². The van der Waals surface area contributed by atoms with E-state index in [1.54, 1.807) is 24.3 Å². The number of fused-ring (bicyclic) bond motifs is 1. The molecule has 0 spiro atoms. The molecule has 2 atom stereocenters. The lowest BCUT2D eigenvalue weighted by Gasteiger charge is -2.21. The van der Waals surface area contributed by atoms with Crippen LogP contribution in [0.25, 0.3) is 10.8 Å². The molecule has 0 saturated heterocycles. The summed E-state index contributed by atoms with van der Waals surface area (Å²) in [4.78, 5) is 24.7. The minimum atomic E-state index is -0.299. The quantitative estimate of drug-likeness (QED) is 0.730. The SMILES string of the molecule is O=C(NC1CCCC1OCc1ccccc1)c1n[nH]c(=O)c2ccccc12. The summed E-state index contributed by atoms with van der Waals surface area (Å²) in [6, 6.07) is 16.9. The van der Waals surface area contributed by atoms with Crippen molar-refractivity contribution in [2.45, 2.75) is 38.0 Å². The maximum absolute atomic E-state index is 12.8. The minimum Gasteiger partial charge on any atom is -0.371 e. The van der Waals surface area contributed by atoms with Gasteiger partial charge in [0, 0.05) is 5.39 Å². The van der Waals surface area contributed by atoms with Gasteiger partial charge in [-0.25, -0.2) is 5.10 Å². The van der Waals surface area contributed by atoms with E-state index in [4.69, 9.17) is 4.74 Å². The molecule has 2 unspecified atom stereocenters. The van der Waals surface area contributed by atoms with Crippen molar-refractivity contribution in [3.05, 3.63) is 76.2 Å². The Morgan fingerprint density at radius 3 is 2.63 bits per heavy atom. The number of hydrogen-bond acceptors (Lipinski definition) is 4. The lowest BCUT2D eigenvalue weighted by Crippen LogP contribution is -2.41. The van der Waals surface area contributed by atoms with Crippen molar-refractivity contribution in [3.8, 4) is 0 Å². The molecule has 0 bridgehead atoms. The van der Waals surface area contributed by atoms with Gasteiger partial charge < -0.3 is 10.1 Å². The molecule has 6 heteroatoms. The van der Waals surface area contributed by atoms with E-state index < -0.39 is 0 Å². The van der Waals surface area contributed by atoms with Crippen molar-refractivity contribution in [3.63, 3.8) is 0 Å². The first-order valence-corrected chi connectivity index (χ1v) is 9.16. The third-order valence-corrected chi connectivity index (χ3v) is 4.99. The van der Waals surface area contributed by atoms with Gasteiger partial charge in [-0.05, 0) is 30.9 Å². The van der Waals surface area contributed by atoms with Crippen LogP contribution in [0.3, 0.4) is 0 Å². The van der Waals surface area contributed by atoms with Crippen LogP contribution in [0.4, 0.5) is 0 Å². The van der Waals surface area contributed by atoms with Crippen LogP contribution in [0.2, 0.25) is 0 Å². The summed E-state index contributed by atoms with van der Waals surface area (Å²) in [6.07, 6.45) is 2.76. The molecule has 138 valence electrons. The molecule has 1 aromatic heterocycles. The lowest BCUT2D eigenvalue weighted by molar-refractivity contribution is 0.0271. The Labute approximate surface area is 156 Å². The van der Waals surface area contributed by atoms with Crippen LogP contribution in [0, 0.1) is 0 Å². The van der Waals surface area contributed by atoms with Crippen LogP contribution in [0.5, 0.6) is 0 Å². The molecule has 1 aliphatic carbocycles. The summed E-state index contributed by atoms with van der Waals surface area (Å²) in [5, 5.41) is 10.4. The fraction of sp³-hybridized carbons (Fsp3) is 0.286. The van der Waals surface area contributed by atoms with Crippen LogP contribution < -0.4 is 10.9 Å². The van der Waals surface area contributed by atoms with Crippen molar-refractivity contribution >= 4 is 16.7 Å². The normalized spacial score (nSPS) is 19.3. The summed E-state index contributed by atoms with van der Waals surface area (Å²) in [5.41, 5.74) is 1.05. The molecule has 1 amide bonds. The number of nitrogens with zero attached hydrogens (tertiary/aromatic N) is 1. The van der Waals surface area contributed by atoms with Crippen molar-refractivity contribution < 1.29 is 9.53 Å². The fourth-order valence-corrected chi connectivity index (χ4v) is 3.59. The Kier molecular flexibility index (Phi) is 4.98. The van der Waals surface area contributed by atoms with Gasteiger partial charge >= 0.3 is 0 Å². The number of benzene rings is 2. The van der Waals surface area contributed by atoms with Crippen LogP contribution in [-0.2, 0) is 11.3 Å². The molecule has 0 radical (unpaired) electrons. The van der Waals surface area contributed by atoms with Crippen molar-refractivity contribution in [2.75, 3.05) is 0 Å². The summed E-state index contributed by atoms with van der Waals surface area (Å²) in [5.74, 6) is -0.289. The molecular weight excluding hydrogens is 342 g/mol. The highest BCUT2D eigenvalue weighted by molar-refractivity contribution is 6.04. The zero-order valence-corrected chi connectivity index (χ0v) is 14.9. The van der Waals surface area contributed by atoms with E-state index in [0.29, 0.717) is 17.4 Å². The number of carbonyl (C=O) groups excluding carboxylic acids is 1. The molecule has 1 aliphatic rings. The number of hydrogen-bond donors (Lipinski definition) is 2. The van der Waals surface area contributed by atoms with Gasteiger partial charge in [-0.1, -0.05) is 48.5 Å². The molecule has 1 saturated carbocycles. The second kappa shape index (κ2) is 7.72. The Hall–Kier alpha value is -2.99. The average Bonchev–Trinajstić information content (AvgIpc) is 3.14. The minimum absolute atomic E-state index is 0.0248. The number of aromatic nitrogens is 2.